The van der Waals surface area contributed by atoms with Gasteiger partial charge >= 0.3 is 11.1 Å². The number of nitrogens with one attached hydrogen (secondary N) is 1. The summed E-state index contributed by atoms with van der Waals surface area (Å²) in [6, 6.07) is 8.25. The molecule has 1 aromatic carbocycles. The maximum absolute atomic E-state index is 11.8. The molecule has 1 N–H and O–H groups in total. The molecule has 0 saturated carbocycles. The second kappa shape index (κ2) is 4.84. The maximum atomic E-state index is 11.8. The van der Waals surface area contributed by atoms with Crippen LogP contribution in [0.5, 0.6) is 0 Å². The normalized spacial score (nSPS) is 14.3. The predicted octanol–water partition coefficient (Wildman–Crippen LogP) is 1.27. The lowest BCUT2D eigenvalue weighted by Gasteiger charge is -2.29. The van der Waals surface area contributed by atoms with Gasteiger partial charge in [-0.2, -0.15) is 4.98 Å². The third-order valence-electron chi connectivity index (χ3n) is 4.33. The van der Waals surface area contributed by atoms with Gasteiger partial charge in [0.05, 0.1) is 0 Å². The summed E-state index contributed by atoms with van der Waals surface area (Å²) in [6.07, 6.45) is 0.942. The summed E-state index contributed by atoms with van der Waals surface area (Å²) in [6.45, 7) is 3.67. The number of hydrogen-bond donors (Lipinski definition) is 1. The van der Waals surface area contributed by atoms with Crippen LogP contribution in [0.3, 0.4) is 0 Å². The monoisotopic (exact) mass is 311 g/mol. The van der Waals surface area contributed by atoms with E-state index in [-0.39, 0.29) is 0 Å². The fourth-order valence-electron chi connectivity index (χ4n) is 3.07. The lowest BCUT2D eigenvalue weighted by molar-refractivity contribution is 0.600. The quantitative estimate of drug-likeness (QED) is 0.687. The average Bonchev–Trinajstić information content (AvgIpc) is 2.92. The van der Waals surface area contributed by atoms with Gasteiger partial charge in [0.25, 0.3) is 0 Å². The molecule has 0 atom stereocenters. The molecule has 0 radical (unpaired) electrons. The second-order valence-corrected chi connectivity index (χ2v) is 5.89. The lowest BCUT2D eigenvalue weighted by atomic mass is 10.2. The van der Waals surface area contributed by atoms with Crippen LogP contribution in [0.2, 0.25) is 0 Å². The first-order chi connectivity index (χ1) is 11.1. The summed E-state index contributed by atoms with van der Waals surface area (Å²) in [5.41, 5.74) is 2.16. The van der Waals surface area contributed by atoms with E-state index in [4.69, 9.17) is 0 Å². The molecule has 0 amide bonds. The van der Waals surface area contributed by atoms with Gasteiger partial charge in [0.2, 0.25) is 5.95 Å². The molecule has 7 nitrogen and oxygen atoms in total. The molecular weight excluding hydrogens is 294 g/mol. The third-order valence-corrected chi connectivity index (χ3v) is 4.33. The molecule has 0 saturated heterocycles. The van der Waals surface area contributed by atoms with E-state index in [1.54, 1.807) is 7.05 Å². The molecule has 0 fully saturated rings. The van der Waals surface area contributed by atoms with Gasteiger partial charge in [-0.1, -0.05) is 17.7 Å². The van der Waals surface area contributed by atoms with Crippen LogP contribution in [0.4, 0.5) is 11.6 Å². The van der Waals surface area contributed by atoms with Crippen molar-refractivity contribution in [3.63, 3.8) is 0 Å². The van der Waals surface area contributed by atoms with E-state index in [1.165, 1.54) is 10.1 Å². The molecule has 0 bridgehead atoms. The second-order valence-electron chi connectivity index (χ2n) is 5.89. The van der Waals surface area contributed by atoms with Gasteiger partial charge in [0.15, 0.2) is 11.3 Å². The SMILES string of the molecule is Cc1ccc(N2CCCn3c2nc2c3[nH]c(=O)c(=O)n2C)cc1. The van der Waals surface area contributed by atoms with E-state index < -0.39 is 11.1 Å². The lowest BCUT2D eigenvalue weighted by Crippen LogP contribution is -2.35. The number of nitrogens with zero attached hydrogens (tertiary/aromatic N) is 4. The average molecular weight is 311 g/mol. The number of anilines is 2. The Morgan fingerprint density at radius 2 is 1.87 bits per heavy atom. The van der Waals surface area contributed by atoms with Crippen molar-refractivity contribution in [3.05, 3.63) is 50.5 Å². The first kappa shape index (κ1) is 13.8. The molecule has 7 heteroatoms. The summed E-state index contributed by atoms with van der Waals surface area (Å²) < 4.78 is 3.28. The number of fused-ring (bicyclic) bond motifs is 3. The Kier molecular flexibility index (Phi) is 2.90. The standard InChI is InChI=1S/C16H17N5O2/c1-10-4-6-11(7-5-10)20-8-3-9-21-13-12(18-16(20)21)19(2)15(23)14(22)17-13/h4-7H,3,8-9H2,1-2H3,(H,17,22). The minimum absolute atomic E-state index is 0.503. The Hall–Kier alpha value is -2.83. The highest BCUT2D eigenvalue weighted by molar-refractivity contribution is 5.74. The number of hydrogen-bond acceptors (Lipinski definition) is 4. The first-order valence-corrected chi connectivity index (χ1v) is 7.60. The Labute approximate surface area is 131 Å². The number of aromatic amines is 1. The van der Waals surface area contributed by atoms with E-state index >= 15 is 0 Å². The third kappa shape index (κ3) is 2.00. The minimum atomic E-state index is -0.616. The number of aromatic nitrogens is 4. The zero-order valence-electron chi connectivity index (χ0n) is 13.0. The molecule has 4 rings (SSSR count). The van der Waals surface area contributed by atoms with Crippen molar-refractivity contribution >= 4 is 22.9 Å². The summed E-state index contributed by atoms with van der Waals surface area (Å²) >= 11 is 0. The van der Waals surface area contributed by atoms with Gasteiger partial charge in [0.1, 0.15) is 0 Å². The van der Waals surface area contributed by atoms with E-state index in [9.17, 15) is 9.59 Å². The van der Waals surface area contributed by atoms with E-state index in [1.807, 2.05) is 4.57 Å². The van der Waals surface area contributed by atoms with Crippen molar-refractivity contribution < 1.29 is 0 Å². The van der Waals surface area contributed by atoms with E-state index in [2.05, 4.69) is 46.1 Å². The minimum Gasteiger partial charge on any atom is -0.312 e. The molecule has 1 aliphatic rings. The smallest absolute Gasteiger partial charge is 0.312 e. The van der Waals surface area contributed by atoms with Crippen LogP contribution < -0.4 is 16.0 Å². The number of benzene rings is 1. The molecule has 118 valence electrons. The van der Waals surface area contributed by atoms with Gasteiger partial charge in [-0.05, 0) is 25.5 Å². The van der Waals surface area contributed by atoms with Crippen molar-refractivity contribution in [3.8, 4) is 0 Å². The topological polar surface area (TPSA) is 75.9 Å². The van der Waals surface area contributed by atoms with Crippen molar-refractivity contribution in [1.29, 1.82) is 0 Å². The number of H-pyrrole nitrogens is 1. The van der Waals surface area contributed by atoms with Gasteiger partial charge in [-0.3, -0.25) is 18.7 Å². The van der Waals surface area contributed by atoms with Crippen LogP contribution in [0.1, 0.15) is 12.0 Å². The van der Waals surface area contributed by atoms with Gasteiger partial charge < -0.3 is 9.88 Å². The van der Waals surface area contributed by atoms with Crippen molar-refractivity contribution in [2.75, 3.05) is 11.4 Å². The zero-order valence-corrected chi connectivity index (χ0v) is 13.0. The van der Waals surface area contributed by atoms with E-state index in [0.29, 0.717) is 11.3 Å². The summed E-state index contributed by atoms with van der Waals surface area (Å²) in [5.74, 6) is 0.756. The zero-order chi connectivity index (χ0) is 16.1. The first-order valence-electron chi connectivity index (χ1n) is 7.60. The fourth-order valence-corrected chi connectivity index (χ4v) is 3.07. The molecule has 0 aliphatic carbocycles. The molecule has 0 unspecified atom stereocenters. The van der Waals surface area contributed by atoms with Crippen LogP contribution in [-0.4, -0.2) is 25.6 Å². The highest BCUT2D eigenvalue weighted by atomic mass is 16.2. The summed E-state index contributed by atoms with van der Waals surface area (Å²) in [7, 11) is 1.58. The maximum Gasteiger partial charge on any atom is 0.317 e. The molecule has 3 heterocycles. The van der Waals surface area contributed by atoms with Crippen molar-refractivity contribution in [2.45, 2.75) is 19.9 Å². The van der Waals surface area contributed by atoms with E-state index in [0.717, 1.165) is 31.1 Å². The molecule has 1 aliphatic heterocycles. The Morgan fingerprint density at radius 1 is 1.13 bits per heavy atom. The Morgan fingerprint density at radius 3 is 2.61 bits per heavy atom. The van der Waals surface area contributed by atoms with Gasteiger partial charge in [0, 0.05) is 25.8 Å². The fraction of sp³-hybridized carbons (Fsp3) is 0.312. The van der Waals surface area contributed by atoms with Crippen molar-refractivity contribution in [1.82, 2.24) is 19.1 Å². The number of rotatable bonds is 1. The van der Waals surface area contributed by atoms with Gasteiger partial charge in [-0.25, -0.2) is 0 Å². The van der Waals surface area contributed by atoms with Crippen LogP contribution in [0.15, 0.2) is 33.9 Å². The summed E-state index contributed by atoms with van der Waals surface area (Å²) in [5, 5.41) is 0. The molecule has 3 aromatic rings. The number of imidazole rings is 1. The highest BCUT2D eigenvalue weighted by Crippen LogP contribution is 2.30. The molecule has 2 aromatic heterocycles. The molecular formula is C16H17N5O2. The summed E-state index contributed by atoms with van der Waals surface area (Å²) in [4.78, 5) is 33.0. The Bertz CT molecular complexity index is 1010. The Balaban J connectivity index is 1.96. The highest BCUT2D eigenvalue weighted by Gasteiger charge is 2.24. The predicted molar refractivity (Wildman–Crippen MR) is 88.4 cm³/mol. The molecule has 23 heavy (non-hydrogen) atoms. The largest absolute Gasteiger partial charge is 0.317 e. The van der Waals surface area contributed by atoms with Gasteiger partial charge in [-0.15, -0.1) is 0 Å². The van der Waals surface area contributed by atoms with Crippen LogP contribution in [-0.2, 0) is 13.6 Å². The van der Waals surface area contributed by atoms with Crippen LogP contribution in [0.25, 0.3) is 11.3 Å². The number of aryl methyl sites for hydroxylation is 3. The molecule has 0 spiro atoms. The van der Waals surface area contributed by atoms with Crippen molar-refractivity contribution in [2.24, 2.45) is 7.05 Å². The van der Waals surface area contributed by atoms with Crippen LogP contribution >= 0.6 is 0 Å². The van der Waals surface area contributed by atoms with Crippen LogP contribution in [0, 0.1) is 6.92 Å².